The maximum Gasteiger partial charge on any atom is 0.306 e. The first-order chi connectivity index (χ1) is 18.1. The van der Waals surface area contributed by atoms with Crippen molar-refractivity contribution in [3.63, 3.8) is 0 Å². The molecule has 0 aliphatic carbocycles. The predicted molar refractivity (Wildman–Crippen MR) is 131 cm³/mol. The van der Waals surface area contributed by atoms with Gasteiger partial charge in [-0.2, -0.15) is 0 Å². The Labute approximate surface area is 221 Å². The zero-order valence-corrected chi connectivity index (χ0v) is 21.8. The van der Waals surface area contributed by atoms with Gasteiger partial charge in [0.15, 0.2) is 12.4 Å². The van der Waals surface area contributed by atoms with Crippen LogP contribution in [0.15, 0.2) is 24.3 Å². The number of benzene rings is 1. The first kappa shape index (κ1) is 30.7. The molecule has 12 heteroatoms. The molecule has 2 heterocycles. The van der Waals surface area contributed by atoms with Gasteiger partial charge in [0.05, 0.1) is 13.2 Å². The number of aryl methyl sites for hydroxylation is 1. The molecule has 0 bridgehead atoms. The van der Waals surface area contributed by atoms with Crippen LogP contribution in [0.5, 0.6) is 5.75 Å². The molecule has 2 fully saturated rings. The van der Waals surface area contributed by atoms with Gasteiger partial charge in [-0.1, -0.05) is 39.3 Å². The number of carbonyl (C=O) groups excluding carboxylic acids is 1. The standard InChI is InChI=1S/C26H40O12/c1-4-5-14-6-8-15(9-7-14)34-25-21(32)20(31)23(17(12-28)36-25)38-26-22(33)24(19(30)16(11-27)35-26)37-18(29)10-13(2)3/h6-9,13,16-17,19-28,30-33H,4-5,10-12H2,1-3H3. The maximum atomic E-state index is 12.2. The predicted octanol–water partition coefficient (Wildman–Crippen LogP) is -0.761. The van der Waals surface area contributed by atoms with Crippen LogP contribution in [-0.4, -0.2) is 111 Å². The molecule has 216 valence electrons. The Bertz CT molecular complexity index is 862. The molecular weight excluding hydrogens is 504 g/mol. The Morgan fingerprint density at radius 3 is 2.08 bits per heavy atom. The van der Waals surface area contributed by atoms with E-state index < -0.39 is 80.6 Å². The fraction of sp³-hybridized carbons (Fsp3) is 0.731. The summed E-state index contributed by atoms with van der Waals surface area (Å²) in [5, 5.41) is 62.4. The van der Waals surface area contributed by atoms with Gasteiger partial charge in [0.2, 0.25) is 6.29 Å². The summed E-state index contributed by atoms with van der Waals surface area (Å²) in [5.74, 6) is -0.329. The lowest BCUT2D eigenvalue weighted by molar-refractivity contribution is -0.353. The SMILES string of the molecule is CCCc1ccc(OC2OC(CO)C(OC3OC(CO)C(O)C(OC(=O)CC(C)C)C3O)C(O)C2O)cc1. The highest BCUT2D eigenvalue weighted by molar-refractivity contribution is 5.69. The van der Waals surface area contributed by atoms with Crippen LogP contribution in [0.4, 0.5) is 0 Å². The van der Waals surface area contributed by atoms with Crippen molar-refractivity contribution in [2.75, 3.05) is 13.2 Å². The zero-order chi connectivity index (χ0) is 28.0. The van der Waals surface area contributed by atoms with E-state index in [1.807, 2.05) is 12.1 Å². The van der Waals surface area contributed by atoms with Crippen LogP contribution < -0.4 is 4.74 Å². The summed E-state index contributed by atoms with van der Waals surface area (Å²) < 4.78 is 27.8. The molecule has 6 N–H and O–H groups in total. The van der Waals surface area contributed by atoms with Crippen molar-refractivity contribution >= 4 is 5.97 Å². The summed E-state index contributed by atoms with van der Waals surface area (Å²) in [5.41, 5.74) is 1.11. The lowest BCUT2D eigenvalue weighted by atomic mass is 9.96. The van der Waals surface area contributed by atoms with Crippen molar-refractivity contribution in [3.05, 3.63) is 29.8 Å². The molecule has 0 saturated carbocycles. The van der Waals surface area contributed by atoms with Crippen LogP contribution in [0, 0.1) is 5.92 Å². The summed E-state index contributed by atoms with van der Waals surface area (Å²) in [4.78, 5) is 12.2. The topological polar surface area (TPSA) is 185 Å². The molecule has 0 radical (unpaired) electrons. The fourth-order valence-corrected chi connectivity index (χ4v) is 4.47. The van der Waals surface area contributed by atoms with Crippen molar-refractivity contribution in [2.24, 2.45) is 5.92 Å². The molecule has 38 heavy (non-hydrogen) atoms. The third kappa shape index (κ3) is 7.40. The van der Waals surface area contributed by atoms with E-state index in [0.717, 1.165) is 18.4 Å². The lowest BCUT2D eigenvalue weighted by Crippen LogP contribution is -2.65. The van der Waals surface area contributed by atoms with Crippen LogP contribution in [0.1, 0.15) is 39.2 Å². The summed E-state index contributed by atoms with van der Waals surface area (Å²) in [6, 6.07) is 7.16. The Morgan fingerprint density at radius 1 is 0.868 bits per heavy atom. The Balaban J connectivity index is 1.71. The number of rotatable bonds is 11. The molecule has 2 aliphatic rings. The molecule has 1 aromatic rings. The van der Waals surface area contributed by atoms with E-state index in [0.29, 0.717) is 5.75 Å². The zero-order valence-electron chi connectivity index (χ0n) is 21.8. The Kier molecular flexibility index (Phi) is 11.3. The van der Waals surface area contributed by atoms with Crippen LogP contribution in [0.25, 0.3) is 0 Å². The average Bonchev–Trinajstić information content (AvgIpc) is 2.88. The number of aliphatic hydroxyl groups excluding tert-OH is 6. The van der Waals surface area contributed by atoms with E-state index in [9.17, 15) is 35.4 Å². The molecule has 10 unspecified atom stereocenters. The first-order valence-electron chi connectivity index (χ1n) is 12.9. The van der Waals surface area contributed by atoms with Gasteiger partial charge in [0, 0.05) is 6.42 Å². The molecule has 0 spiro atoms. The van der Waals surface area contributed by atoms with Crippen molar-refractivity contribution in [1.82, 2.24) is 0 Å². The number of ether oxygens (including phenoxy) is 5. The molecule has 3 rings (SSSR count). The average molecular weight is 545 g/mol. The van der Waals surface area contributed by atoms with E-state index in [-0.39, 0.29) is 12.3 Å². The van der Waals surface area contributed by atoms with Gasteiger partial charge in [0.1, 0.15) is 48.5 Å². The Morgan fingerprint density at radius 2 is 1.50 bits per heavy atom. The van der Waals surface area contributed by atoms with Crippen LogP contribution >= 0.6 is 0 Å². The van der Waals surface area contributed by atoms with Crippen molar-refractivity contribution in [3.8, 4) is 5.75 Å². The highest BCUT2D eigenvalue weighted by atomic mass is 16.7. The minimum atomic E-state index is -1.72. The van der Waals surface area contributed by atoms with Gasteiger partial charge < -0.3 is 54.3 Å². The van der Waals surface area contributed by atoms with E-state index in [4.69, 9.17) is 23.7 Å². The van der Waals surface area contributed by atoms with Crippen LogP contribution in [0.2, 0.25) is 0 Å². The molecule has 2 aliphatic heterocycles. The van der Waals surface area contributed by atoms with Gasteiger partial charge in [-0.25, -0.2) is 0 Å². The molecule has 2 saturated heterocycles. The molecular formula is C26H40O12. The van der Waals surface area contributed by atoms with Gasteiger partial charge >= 0.3 is 5.97 Å². The molecule has 12 nitrogen and oxygen atoms in total. The summed E-state index contributed by atoms with van der Waals surface area (Å²) in [6.45, 7) is 4.32. The highest BCUT2D eigenvalue weighted by Gasteiger charge is 2.52. The smallest absolute Gasteiger partial charge is 0.306 e. The summed E-state index contributed by atoms with van der Waals surface area (Å²) in [7, 11) is 0. The third-order valence-electron chi connectivity index (χ3n) is 6.49. The van der Waals surface area contributed by atoms with Crippen molar-refractivity contribution in [1.29, 1.82) is 0 Å². The van der Waals surface area contributed by atoms with E-state index in [1.54, 1.807) is 26.0 Å². The fourth-order valence-electron chi connectivity index (χ4n) is 4.47. The Hall–Kier alpha value is -1.87. The highest BCUT2D eigenvalue weighted by Crippen LogP contribution is 2.31. The number of esters is 1. The molecule has 0 aromatic heterocycles. The minimum absolute atomic E-state index is 0.0305. The van der Waals surface area contributed by atoms with Gasteiger partial charge in [-0.3, -0.25) is 4.79 Å². The number of carbonyl (C=O) groups is 1. The molecule has 1 aromatic carbocycles. The van der Waals surface area contributed by atoms with Gasteiger partial charge in [-0.15, -0.1) is 0 Å². The molecule has 0 amide bonds. The van der Waals surface area contributed by atoms with Crippen LogP contribution in [-0.2, 0) is 30.2 Å². The molecule has 10 atom stereocenters. The summed E-state index contributed by atoms with van der Waals surface area (Å²) >= 11 is 0. The second-order valence-electron chi connectivity index (χ2n) is 10.1. The number of aliphatic hydroxyl groups is 6. The maximum absolute atomic E-state index is 12.2. The van der Waals surface area contributed by atoms with Crippen molar-refractivity contribution < 1.29 is 59.1 Å². The van der Waals surface area contributed by atoms with E-state index >= 15 is 0 Å². The van der Waals surface area contributed by atoms with Crippen molar-refractivity contribution in [2.45, 2.75) is 101 Å². The normalized spacial score (nSPS) is 35.7. The second kappa shape index (κ2) is 14.0. The monoisotopic (exact) mass is 544 g/mol. The van der Waals surface area contributed by atoms with Gasteiger partial charge in [-0.05, 0) is 30.0 Å². The second-order valence-corrected chi connectivity index (χ2v) is 10.1. The van der Waals surface area contributed by atoms with E-state index in [2.05, 4.69) is 6.92 Å². The largest absolute Gasteiger partial charge is 0.462 e. The lowest BCUT2D eigenvalue weighted by Gasteiger charge is -2.46. The quantitative estimate of drug-likeness (QED) is 0.192. The first-order valence-corrected chi connectivity index (χ1v) is 12.9. The van der Waals surface area contributed by atoms with Gasteiger partial charge in [0.25, 0.3) is 0 Å². The van der Waals surface area contributed by atoms with E-state index in [1.165, 1.54) is 0 Å². The van der Waals surface area contributed by atoms with Crippen LogP contribution in [0.3, 0.4) is 0 Å². The third-order valence-corrected chi connectivity index (χ3v) is 6.49. The number of hydrogen-bond acceptors (Lipinski definition) is 12. The minimum Gasteiger partial charge on any atom is -0.462 e. The number of hydrogen-bond donors (Lipinski definition) is 6. The summed E-state index contributed by atoms with van der Waals surface area (Å²) in [6.07, 6.45) is -13.0.